The van der Waals surface area contributed by atoms with Crippen LogP contribution in [0.1, 0.15) is 47.5 Å². The molecule has 0 aliphatic carbocycles. The Hall–Kier alpha value is -0.0800. The van der Waals surface area contributed by atoms with Crippen molar-refractivity contribution in [2.24, 2.45) is 5.92 Å². The quantitative estimate of drug-likeness (QED) is 0.668. The molecule has 0 bridgehead atoms. The van der Waals surface area contributed by atoms with Gasteiger partial charge in [-0.15, -0.1) is 0 Å². The third-order valence-corrected chi connectivity index (χ3v) is 3.06. The van der Waals surface area contributed by atoms with E-state index < -0.39 is 0 Å². The van der Waals surface area contributed by atoms with Gasteiger partial charge in [0.15, 0.2) is 0 Å². The number of hydrogen-bond acceptors (Lipinski definition) is 2. The molecule has 0 aromatic rings. The minimum absolute atomic E-state index is 0.587. The van der Waals surface area contributed by atoms with Gasteiger partial charge < -0.3 is 5.32 Å². The highest BCUT2D eigenvalue weighted by Gasteiger charge is 2.17. The van der Waals surface area contributed by atoms with Crippen LogP contribution in [0.25, 0.3) is 0 Å². The minimum Gasteiger partial charge on any atom is -0.316 e. The summed E-state index contributed by atoms with van der Waals surface area (Å²) in [4.78, 5) is 2.64. The molecule has 2 nitrogen and oxygen atoms in total. The molecule has 0 aliphatic heterocycles. The van der Waals surface area contributed by atoms with E-state index in [1.54, 1.807) is 0 Å². The maximum Gasteiger partial charge on any atom is 0.0163 e. The molecule has 2 heteroatoms. The van der Waals surface area contributed by atoms with E-state index in [9.17, 15) is 0 Å². The summed E-state index contributed by atoms with van der Waals surface area (Å²) >= 11 is 0. The standard InChI is InChI=1S/C13H30N2/c1-7-13(8-2)15(9-11(3)4)10-12(5)14-6/h11-14H,7-10H2,1-6H3. The summed E-state index contributed by atoms with van der Waals surface area (Å²) in [5.41, 5.74) is 0. The van der Waals surface area contributed by atoms with Crippen LogP contribution >= 0.6 is 0 Å². The maximum atomic E-state index is 3.33. The van der Waals surface area contributed by atoms with Crippen molar-refractivity contribution in [1.29, 1.82) is 0 Å². The van der Waals surface area contributed by atoms with E-state index in [-0.39, 0.29) is 0 Å². The summed E-state index contributed by atoms with van der Waals surface area (Å²) in [6, 6.07) is 1.34. The van der Waals surface area contributed by atoms with Gasteiger partial charge in [-0.2, -0.15) is 0 Å². The van der Waals surface area contributed by atoms with Crippen molar-refractivity contribution in [3.8, 4) is 0 Å². The lowest BCUT2D eigenvalue weighted by Gasteiger charge is -2.33. The predicted molar refractivity (Wildman–Crippen MR) is 69.3 cm³/mol. The van der Waals surface area contributed by atoms with Gasteiger partial charge in [0.2, 0.25) is 0 Å². The van der Waals surface area contributed by atoms with Crippen molar-refractivity contribution in [3.05, 3.63) is 0 Å². The van der Waals surface area contributed by atoms with Crippen LogP contribution in [0.4, 0.5) is 0 Å². The highest BCUT2D eigenvalue weighted by molar-refractivity contribution is 4.74. The first kappa shape index (κ1) is 14.9. The summed E-state index contributed by atoms with van der Waals surface area (Å²) in [5.74, 6) is 0.759. The molecule has 92 valence electrons. The van der Waals surface area contributed by atoms with E-state index in [1.165, 1.54) is 25.9 Å². The number of hydrogen-bond donors (Lipinski definition) is 1. The second-order valence-electron chi connectivity index (χ2n) is 5.01. The summed E-state index contributed by atoms with van der Waals surface area (Å²) < 4.78 is 0. The molecular weight excluding hydrogens is 184 g/mol. The Balaban J connectivity index is 4.27. The molecular formula is C13H30N2. The van der Waals surface area contributed by atoms with Crippen molar-refractivity contribution in [2.45, 2.75) is 59.5 Å². The average molecular weight is 214 g/mol. The molecule has 0 heterocycles. The highest BCUT2D eigenvalue weighted by Crippen LogP contribution is 2.11. The summed E-state index contributed by atoms with van der Waals surface area (Å²) in [7, 11) is 2.05. The third-order valence-electron chi connectivity index (χ3n) is 3.06. The van der Waals surface area contributed by atoms with Crippen molar-refractivity contribution >= 4 is 0 Å². The van der Waals surface area contributed by atoms with E-state index >= 15 is 0 Å². The molecule has 0 radical (unpaired) electrons. The second-order valence-corrected chi connectivity index (χ2v) is 5.01. The summed E-state index contributed by atoms with van der Waals surface area (Å²) in [6.45, 7) is 13.9. The number of likely N-dealkylation sites (N-methyl/N-ethyl adjacent to an activating group) is 1. The lowest BCUT2D eigenvalue weighted by atomic mass is 10.1. The first-order valence-corrected chi connectivity index (χ1v) is 6.46. The van der Waals surface area contributed by atoms with Crippen molar-refractivity contribution in [1.82, 2.24) is 10.2 Å². The molecule has 1 atom stereocenters. The van der Waals surface area contributed by atoms with Crippen LogP contribution in [-0.4, -0.2) is 37.1 Å². The Morgan fingerprint density at radius 3 is 1.87 bits per heavy atom. The van der Waals surface area contributed by atoms with Crippen LogP contribution < -0.4 is 5.32 Å². The monoisotopic (exact) mass is 214 g/mol. The minimum atomic E-state index is 0.587. The number of rotatable bonds is 8. The molecule has 0 spiro atoms. The van der Waals surface area contributed by atoms with Crippen LogP contribution in [0.5, 0.6) is 0 Å². The maximum absolute atomic E-state index is 3.33. The van der Waals surface area contributed by atoms with E-state index in [0.717, 1.165) is 12.0 Å². The largest absolute Gasteiger partial charge is 0.316 e. The Morgan fingerprint density at radius 2 is 1.53 bits per heavy atom. The van der Waals surface area contributed by atoms with Crippen LogP contribution in [0.2, 0.25) is 0 Å². The normalized spacial score (nSPS) is 14.2. The van der Waals surface area contributed by atoms with E-state index in [2.05, 4.69) is 44.8 Å². The summed E-state index contributed by atoms with van der Waals surface area (Å²) in [5, 5.41) is 3.33. The molecule has 0 amide bonds. The average Bonchev–Trinajstić information content (AvgIpc) is 2.18. The first-order valence-electron chi connectivity index (χ1n) is 6.46. The Labute approximate surface area is 96.4 Å². The number of nitrogens with zero attached hydrogens (tertiary/aromatic N) is 1. The molecule has 0 saturated heterocycles. The van der Waals surface area contributed by atoms with Gasteiger partial charge in [-0.3, -0.25) is 4.90 Å². The van der Waals surface area contributed by atoms with Crippen LogP contribution in [0.15, 0.2) is 0 Å². The van der Waals surface area contributed by atoms with Crippen LogP contribution in [0, 0.1) is 5.92 Å². The lowest BCUT2D eigenvalue weighted by molar-refractivity contribution is 0.153. The Kier molecular flexibility index (Phi) is 8.07. The van der Waals surface area contributed by atoms with Crippen LogP contribution in [-0.2, 0) is 0 Å². The smallest absolute Gasteiger partial charge is 0.0163 e. The van der Waals surface area contributed by atoms with E-state index in [4.69, 9.17) is 0 Å². The molecule has 1 unspecified atom stereocenters. The van der Waals surface area contributed by atoms with Gasteiger partial charge in [0.05, 0.1) is 0 Å². The number of nitrogens with one attached hydrogen (secondary N) is 1. The molecule has 15 heavy (non-hydrogen) atoms. The molecule has 0 aromatic carbocycles. The molecule has 0 fully saturated rings. The van der Waals surface area contributed by atoms with Gasteiger partial charge >= 0.3 is 0 Å². The van der Waals surface area contributed by atoms with Gasteiger partial charge in [-0.25, -0.2) is 0 Å². The zero-order chi connectivity index (χ0) is 11.8. The SMILES string of the molecule is CCC(CC)N(CC(C)C)CC(C)NC. The fourth-order valence-corrected chi connectivity index (χ4v) is 2.09. The van der Waals surface area contributed by atoms with E-state index in [1.807, 2.05) is 7.05 Å². The zero-order valence-corrected chi connectivity index (χ0v) is 11.5. The summed E-state index contributed by atoms with van der Waals surface area (Å²) in [6.07, 6.45) is 2.53. The second kappa shape index (κ2) is 8.12. The van der Waals surface area contributed by atoms with Gasteiger partial charge in [0, 0.05) is 25.2 Å². The molecule has 0 saturated carbocycles. The fraction of sp³-hybridized carbons (Fsp3) is 1.00. The van der Waals surface area contributed by atoms with Gasteiger partial charge in [-0.05, 0) is 32.7 Å². The third kappa shape index (κ3) is 6.16. The van der Waals surface area contributed by atoms with Crippen molar-refractivity contribution in [3.63, 3.8) is 0 Å². The molecule has 0 rings (SSSR count). The molecule has 1 N–H and O–H groups in total. The van der Waals surface area contributed by atoms with Crippen molar-refractivity contribution in [2.75, 3.05) is 20.1 Å². The van der Waals surface area contributed by atoms with Crippen LogP contribution in [0.3, 0.4) is 0 Å². The Bertz CT molecular complexity index is 141. The Morgan fingerprint density at radius 1 is 1.00 bits per heavy atom. The molecule has 0 aromatic heterocycles. The zero-order valence-electron chi connectivity index (χ0n) is 11.5. The van der Waals surface area contributed by atoms with E-state index in [0.29, 0.717) is 6.04 Å². The van der Waals surface area contributed by atoms with Gasteiger partial charge in [-0.1, -0.05) is 27.7 Å². The van der Waals surface area contributed by atoms with Crippen molar-refractivity contribution < 1.29 is 0 Å². The first-order chi connectivity index (χ1) is 7.04. The van der Waals surface area contributed by atoms with Gasteiger partial charge in [0.1, 0.15) is 0 Å². The molecule has 0 aliphatic rings. The predicted octanol–water partition coefficient (Wildman–Crippen LogP) is 2.74. The van der Waals surface area contributed by atoms with Gasteiger partial charge in [0.25, 0.3) is 0 Å². The highest BCUT2D eigenvalue weighted by atomic mass is 15.2. The topological polar surface area (TPSA) is 15.3 Å². The lowest BCUT2D eigenvalue weighted by Crippen LogP contribution is -2.44. The fourth-order valence-electron chi connectivity index (χ4n) is 2.09.